The third-order valence-electron chi connectivity index (χ3n) is 3.03. The van der Waals surface area contributed by atoms with Crippen molar-refractivity contribution in [2.45, 2.75) is 6.42 Å². The van der Waals surface area contributed by atoms with E-state index in [4.69, 9.17) is 11.6 Å². The van der Waals surface area contributed by atoms with Crippen molar-refractivity contribution in [3.8, 4) is 11.4 Å². The van der Waals surface area contributed by atoms with E-state index >= 15 is 0 Å². The van der Waals surface area contributed by atoms with Gasteiger partial charge in [-0.05, 0) is 35.7 Å². The predicted molar refractivity (Wildman–Crippen MR) is 87.2 cm³/mol. The molecule has 0 bridgehead atoms. The second-order valence-electron chi connectivity index (χ2n) is 4.60. The van der Waals surface area contributed by atoms with E-state index in [9.17, 15) is 4.79 Å². The summed E-state index contributed by atoms with van der Waals surface area (Å²) < 4.78 is 0. The maximum atomic E-state index is 11.8. The van der Waals surface area contributed by atoms with E-state index in [2.05, 4.69) is 20.5 Å². The Balaban J connectivity index is 1.56. The number of carbonyl (C=O) groups excluding carboxylic acids is 1. The number of hydrogen-bond donors (Lipinski definition) is 2. The molecule has 3 aromatic rings. The molecule has 2 heterocycles. The highest BCUT2D eigenvalue weighted by Gasteiger charge is 2.08. The molecule has 0 spiro atoms. The third-order valence-corrected chi connectivity index (χ3v) is 4.15. The molecule has 22 heavy (non-hydrogen) atoms. The number of rotatable bonds is 5. The number of nitrogens with one attached hydrogen (secondary N) is 2. The lowest BCUT2D eigenvalue weighted by molar-refractivity contribution is 0.0958. The van der Waals surface area contributed by atoms with Crippen LogP contribution in [0.15, 0.2) is 41.8 Å². The number of nitrogens with zero attached hydrogens (tertiary/aromatic N) is 2. The minimum absolute atomic E-state index is 0.0626. The molecule has 0 saturated heterocycles. The number of amides is 1. The van der Waals surface area contributed by atoms with Crippen LogP contribution >= 0.6 is 22.9 Å². The average Bonchev–Trinajstić information content (AvgIpc) is 3.19. The van der Waals surface area contributed by atoms with Crippen molar-refractivity contribution in [3.05, 3.63) is 57.5 Å². The molecule has 5 nitrogen and oxygen atoms in total. The van der Waals surface area contributed by atoms with E-state index in [0.29, 0.717) is 28.7 Å². The van der Waals surface area contributed by atoms with Crippen LogP contribution in [0.4, 0.5) is 0 Å². The summed E-state index contributed by atoms with van der Waals surface area (Å²) in [5.74, 6) is 1.29. The molecule has 0 unspecified atom stereocenters. The molecule has 7 heteroatoms. The first-order chi connectivity index (χ1) is 10.7. The molecule has 0 aliphatic carbocycles. The van der Waals surface area contributed by atoms with Crippen LogP contribution in [0.5, 0.6) is 0 Å². The molecule has 0 aliphatic heterocycles. The molecule has 1 amide bonds. The van der Waals surface area contributed by atoms with E-state index in [0.717, 1.165) is 11.4 Å². The fourth-order valence-electron chi connectivity index (χ4n) is 1.92. The van der Waals surface area contributed by atoms with Crippen molar-refractivity contribution in [3.63, 3.8) is 0 Å². The van der Waals surface area contributed by atoms with E-state index in [1.165, 1.54) is 11.3 Å². The lowest BCUT2D eigenvalue weighted by Crippen LogP contribution is -2.25. The lowest BCUT2D eigenvalue weighted by Gasteiger charge is -2.01. The summed E-state index contributed by atoms with van der Waals surface area (Å²) in [6.07, 6.45) is 0.595. The van der Waals surface area contributed by atoms with Gasteiger partial charge in [0.15, 0.2) is 5.82 Å². The van der Waals surface area contributed by atoms with Gasteiger partial charge < -0.3 is 5.32 Å². The molecule has 0 aliphatic rings. The van der Waals surface area contributed by atoms with Gasteiger partial charge in [0.25, 0.3) is 5.91 Å². The second-order valence-corrected chi connectivity index (χ2v) is 5.98. The number of thiophene rings is 1. The zero-order valence-electron chi connectivity index (χ0n) is 11.5. The van der Waals surface area contributed by atoms with Gasteiger partial charge >= 0.3 is 0 Å². The van der Waals surface area contributed by atoms with Gasteiger partial charge in [0.1, 0.15) is 5.82 Å². The standard InChI is InChI=1S/C15H13ClN4OS/c16-11-5-3-10(4-6-11)14-18-13(19-20-14)7-8-17-15(21)12-2-1-9-22-12/h1-6,9H,7-8H2,(H,17,21)(H,18,19,20). The normalized spacial score (nSPS) is 10.6. The fourth-order valence-corrected chi connectivity index (χ4v) is 2.69. The summed E-state index contributed by atoms with van der Waals surface area (Å²) in [5.41, 5.74) is 0.898. The number of aromatic amines is 1. The highest BCUT2D eigenvalue weighted by Crippen LogP contribution is 2.17. The Labute approximate surface area is 136 Å². The van der Waals surface area contributed by atoms with Crippen LogP contribution in [0.25, 0.3) is 11.4 Å². The molecular weight excluding hydrogens is 320 g/mol. The first-order valence-corrected chi connectivity index (χ1v) is 7.97. The van der Waals surface area contributed by atoms with Crippen LogP contribution in [0.1, 0.15) is 15.5 Å². The average molecular weight is 333 g/mol. The van der Waals surface area contributed by atoms with Crippen molar-refractivity contribution in [2.75, 3.05) is 6.54 Å². The number of halogens is 1. The zero-order chi connectivity index (χ0) is 15.4. The first kappa shape index (κ1) is 14.7. The van der Waals surface area contributed by atoms with E-state index in [-0.39, 0.29) is 5.91 Å². The summed E-state index contributed by atoms with van der Waals surface area (Å²) in [5, 5.41) is 12.5. The van der Waals surface area contributed by atoms with Crippen molar-refractivity contribution in [1.29, 1.82) is 0 Å². The zero-order valence-corrected chi connectivity index (χ0v) is 13.1. The second kappa shape index (κ2) is 6.72. The molecule has 0 saturated carbocycles. The number of carbonyl (C=O) groups is 1. The molecule has 3 rings (SSSR count). The monoisotopic (exact) mass is 332 g/mol. The van der Waals surface area contributed by atoms with Crippen molar-refractivity contribution >= 4 is 28.8 Å². The fraction of sp³-hybridized carbons (Fsp3) is 0.133. The van der Waals surface area contributed by atoms with Gasteiger partial charge in [-0.15, -0.1) is 11.3 Å². The van der Waals surface area contributed by atoms with Crippen LogP contribution in [-0.4, -0.2) is 27.6 Å². The summed E-state index contributed by atoms with van der Waals surface area (Å²) >= 11 is 7.28. The van der Waals surface area contributed by atoms with Gasteiger partial charge in [-0.3, -0.25) is 9.89 Å². The molecule has 2 N–H and O–H groups in total. The maximum Gasteiger partial charge on any atom is 0.261 e. The van der Waals surface area contributed by atoms with Crippen molar-refractivity contribution in [2.24, 2.45) is 0 Å². The van der Waals surface area contributed by atoms with Crippen molar-refractivity contribution < 1.29 is 4.79 Å². The number of benzene rings is 1. The summed E-state index contributed by atoms with van der Waals surface area (Å²) in [6, 6.07) is 11.0. The summed E-state index contributed by atoms with van der Waals surface area (Å²) in [4.78, 5) is 16.9. The molecule has 112 valence electrons. The maximum absolute atomic E-state index is 11.8. The van der Waals surface area contributed by atoms with Crippen LogP contribution < -0.4 is 5.32 Å². The number of H-pyrrole nitrogens is 1. The summed E-state index contributed by atoms with van der Waals surface area (Å²) in [6.45, 7) is 0.506. The minimum Gasteiger partial charge on any atom is -0.351 e. The Bertz CT molecular complexity index is 752. The molecule has 0 fully saturated rings. The number of hydrogen-bond acceptors (Lipinski definition) is 4. The Morgan fingerprint density at radius 2 is 2.09 bits per heavy atom. The Hall–Kier alpha value is -2.18. The highest BCUT2D eigenvalue weighted by atomic mass is 35.5. The Kier molecular flexibility index (Phi) is 4.50. The molecule has 0 atom stereocenters. The third kappa shape index (κ3) is 3.52. The van der Waals surface area contributed by atoms with Gasteiger partial charge in [0.05, 0.1) is 4.88 Å². The number of aromatic nitrogens is 3. The Morgan fingerprint density at radius 1 is 1.27 bits per heavy atom. The smallest absolute Gasteiger partial charge is 0.261 e. The molecular formula is C15H13ClN4OS. The van der Waals surface area contributed by atoms with E-state index in [1.54, 1.807) is 18.2 Å². The minimum atomic E-state index is -0.0626. The van der Waals surface area contributed by atoms with Gasteiger partial charge in [-0.1, -0.05) is 17.7 Å². The Morgan fingerprint density at radius 3 is 2.82 bits per heavy atom. The van der Waals surface area contributed by atoms with Crippen LogP contribution in [0.3, 0.4) is 0 Å². The highest BCUT2D eigenvalue weighted by molar-refractivity contribution is 7.12. The first-order valence-electron chi connectivity index (χ1n) is 6.71. The van der Waals surface area contributed by atoms with Gasteiger partial charge in [0, 0.05) is 23.6 Å². The van der Waals surface area contributed by atoms with Crippen LogP contribution in [-0.2, 0) is 6.42 Å². The largest absolute Gasteiger partial charge is 0.351 e. The lowest BCUT2D eigenvalue weighted by atomic mass is 10.2. The summed E-state index contributed by atoms with van der Waals surface area (Å²) in [7, 11) is 0. The molecule has 2 aromatic heterocycles. The van der Waals surface area contributed by atoms with Gasteiger partial charge in [-0.25, -0.2) is 4.98 Å². The van der Waals surface area contributed by atoms with Crippen LogP contribution in [0, 0.1) is 0 Å². The van der Waals surface area contributed by atoms with Crippen LogP contribution in [0.2, 0.25) is 5.02 Å². The molecule has 0 radical (unpaired) electrons. The van der Waals surface area contributed by atoms with E-state index < -0.39 is 0 Å². The molecule has 1 aromatic carbocycles. The van der Waals surface area contributed by atoms with E-state index in [1.807, 2.05) is 23.6 Å². The van der Waals surface area contributed by atoms with Crippen molar-refractivity contribution in [1.82, 2.24) is 20.5 Å². The van der Waals surface area contributed by atoms with Gasteiger partial charge in [0.2, 0.25) is 0 Å². The van der Waals surface area contributed by atoms with Gasteiger partial charge in [-0.2, -0.15) is 5.10 Å². The quantitative estimate of drug-likeness (QED) is 0.754. The topological polar surface area (TPSA) is 70.7 Å². The predicted octanol–water partition coefficient (Wildman–Crippen LogP) is 3.16. The SMILES string of the molecule is O=C(NCCc1nc(-c2ccc(Cl)cc2)n[nH]1)c1cccs1.